The Morgan fingerprint density at radius 1 is 1.04 bits per heavy atom. The van der Waals surface area contributed by atoms with Crippen LogP contribution in [0.1, 0.15) is 57.9 Å². The summed E-state index contributed by atoms with van der Waals surface area (Å²) >= 11 is 0. The summed E-state index contributed by atoms with van der Waals surface area (Å²) in [6.07, 6.45) is 21.8. The fourth-order valence-electron chi connectivity index (χ4n) is 6.84. The van der Waals surface area contributed by atoms with Gasteiger partial charge in [0, 0.05) is 12.4 Å². The molecule has 0 saturated heterocycles. The minimum absolute atomic E-state index is 0.344. The number of rotatable bonds is 1. The summed E-state index contributed by atoms with van der Waals surface area (Å²) in [5.41, 5.74) is 5.34. The molecule has 5 atom stereocenters. The maximum Gasteiger partial charge on any atom is 0.0343 e. The Morgan fingerprint density at radius 2 is 1.96 bits per heavy atom. The Balaban J connectivity index is 1.51. The Kier molecular flexibility index (Phi) is 3.39. The molecule has 1 aromatic heterocycles. The van der Waals surface area contributed by atoms with E-state index < -0.39 is 0 Å². The third kappa shape index (κ3) is 2.11. The summed E-state index contributed by atoms with van der Waals surface area (Å²) in [5, 5.41) is 0. The van der Waals surface area contributed by atoms with Gasteiger partial charge in [-0.15, -0.1) is 0 Å². The van der Waals surface area contributed by atoms with Crippen LogP contribution >= 0.6 is 0 Å². The molecule has 1 fully saturated rings. The maximum atomic E-state index is 4.39. The number of fused-ring (bicyclic) bond motifs is 5. The largest absolute Gasteiger partial charge is 0.264 e. The third-order valence-corrected chi connectivity index (χ3v) is 8.21. The summed E-state index contributed by atoms with van der Waals surface area (Å²) in [6, 6.07) is 4.34. The van der Waals surface area contributed by atoms with E-state index in [4.69, 9.17) is 0 Å². The molecule has 0 bridgehead atoms. The van der Waals surface area contributed by atoms with E-state index in [1.165, 1.54) is 44.1 Å². The average molecular weight is 332 g/mol. The predicted molar refractivity (Wildman–Crippen MR) is 104 cm³/mol. The van der Waals surface area contributed by atoms with E-state index in [9.17, 15) is 0 Å². The molecule has 130 valence electrons. The quantitative estimate of drug-likeness (QED) is 0.596. The summed E-state index contributed by atoms with van der Waals surface area (Å²) in [7, 11) is 0. The molecule has 0 aliphatic heterocycles. The van der Waals surface area contributed by atoms with Gasteiger partial charge in [0.2, 0.25) is 0 Å². The Bertz CT molecular complexity index is 771. The van der Waals surface area contributed by atoms with Crippen molar-refractivity contribution in [2.24, 2.45) is 28.6 Å². The first kappa shape index (κ1) is 15.6. The molecule has 1 saturated carbocycles. The second-order valence-corrected chi connectivity index (χ2v) is 9.18. The monoisotopic (exact) mass is 331 g/mol. The summed E-state index contributed by atoms with van der Waals surface area (Å²) in [5.74, 6) is 2.53. The molecule has 0 aromatic carbocycles. The van der Waals surface area contributed by atoms with Crippen LogP contribution in [0.25, 0.3) is 5.57 Å². The highest BCUT2D eigenvalue weighted by Crippen LogP contribution is 2.65. The predicted octanol–water partition coefficient (Wildman–Crippen LogP) is 6.20. The molecule has 1 nitrogen and oxygen atoms in total. The van der Waals surface area contributed by atoms with Gasteiger partial charge in [-0.2, -0.15) is 0 Å². The molecule has 0 amide bonds. The first-order valence-corrected chi connectivity index (χ1v) is 10.1. The van der Waals surface area contributed by atoms with E-state index in [1.807, 2.05) is 6.20 Å². The molecule has 5 rings (SSSR count). The van der Waals surface area contributed by atoms with Gasteiger partial charge in [-0.25, -0.2) is 0 Å². The topological polar surface area (TPSA) is 12.9 Å². The molecule has 1 heteroatoms. The van der Waals surface area contributed by atoms with Crippen LogP contribution in [-0.2, 0) is 0 Å². The number of hydrogen-bond acceptors (Lipinski definition) is 1. The number of nitrogens with zero attached hydrogens (tertiary/aromatic N) is 1. The zero-order valence-corrected chi connectivity index (χ0v) is 15.5. The Hall–Kier alpha value is -1.63. The Labute approximate surface area is 151 Å². The second kappa shape index (κ2) is 5.43. The van der Waals surface area contributed by atoms with Crippen molar-refractivity contribution in [1.29, 1.82) is 0 Å². The zero-order chi connectivity index (χ0) is 17.1. The van der Waals surface area contributed by atoms with Crippen LogP contribution < -0.4 is 0 Å². The normalized spacial score (nSPS) is 42.1. The van der Waals surface area contributed by atoms with E-state index in [2.05, 4.69) is 61.5 Å². The van der Waals surface area contributed by atoms with Gasteiger partial charge in [0.15, 0.2) is 0 Å². The molecule has 4 aliphatic rings. The van der Waals surface area contributed by atoms with Gasteiger partial charge in [0.25, 0.3) is 0 Å². The second-order valence-electron chi connectivity index (χ2n) is 9.18. The fraction of sp³-hybridized carbons (Fsp3) is 0.542. The molecule has 0 radical (unpaired) electrons. The SMILES string of the molecule is C[C@]12CCC=CC1=CCC1C2CC[C@]2(C)C(c3cccnc3)=CCC12. The molecule has 0 spiro atoms. The van der Waals surface area contributed by atoms with Crippen molar-refractivity contribution in [2.45, 2.75) is 52.4 Å². The number of allylic oxidation sites excluding steroid dienone is 6. The highest BCUT2D eigenvalue weighted by atomic mass is 14.6. The minimum Gasteiger partial charge on any atom is -0.264 e. The number of aromatic nitrogens is 1. The molecule has 1 aromatic rings. The zero-order valence-electron chi connectivity index (χ0n) is 15.5. The summed E-state index contributed by atoms with van der Waals surface area (Å²) < 4.78 is 0. The average Bonchev–Trinajstić information content (AvgIpc) is 2.99. The van der Waals surface area contributed by atoms with Crippen LogP contribution in [0, 0.1) is 28.6 Å². The lowest BCUT2D eigenvalue weighted by Gasteiger charge is -2.56. The van der Waals surface area contributed by atoms with E-state index in [0.29, 0.717) is 10.8 Å². The van der Waals surface area contributed by atoms with Crippen molar-refractivity contribution in [1.82, 2.24) is 4.98 Å². The van der Waals surface area contributed by atoms with Crippen LogP contribution in [-0.4, -0.2) is 4.98 Å². The Morgan fingerprint density at radius 3 is 2.80 bits per heavy atom. The van der Waals surface area contributed by atoms with E-state index in [0.717, 1.165) is 17.8 Å². The first-order valence-electron chi connectivity index (χ1n) is 10.1. The van der Waals surface area contributed by atoms with Crippen molar-refractivity contribution in [2.75, 3.05) is 0 Å². The van der Waals surface area contributed by atoms with Crippen LogP contribution in [0.2, 0.25) is 0 Å². The van der Waals surface area contributed by atoms with Gasteiger partial charge >= 0.3 is 0 Å². The fourth-order valence-corrected chi connectivity index (χ4v) is 6.84. The van der Waals surface area contributed by atoms with Crippen molar-refractivity contribution >= 4 is 5.57 Å². The van der Waals surface area contributed by atoms with Crippen LogP contribution in [0.5, 0.6) is 0 Å². The van der Waals surface area contributed by atoms with Crippen molar-refractivity contribution in [3.63, 3.8) is 0 Å². The third-order valence-electron chi connectivity index (χ3n) is 8.21. The number of pyridine rings is 1. The molecular weight excluding hydrogens is 302 g/mol. The maximum absolute atomic E-state index is 4.39. The van der Waals surface area contributed by atoms with Crippen molar-refractivity contribution in [3.8, 4) is 0 Å². The van der Waals surface area contributed by atoms with Gasteiger partial charge in [0.05, 0.1) is 0 Å². The van der Waals surface area contributed by atoms with E-state index in [1.54, 1.807) is 11.1 Å². The lowest BCUT2D eigenvalue weighted by Crippen LogP contribution is -2.48. The molecule has 25 heavy (non-hydrogen) atoms. The van der Waals surface area contributed by atoms with E-state index >= 15 is 0 Å². The van der Waals surface area contributed by atoms with Gasteiger partial charge in [-0.05, 0) is 89.9 Å². The molecule has 4 aliphatic carbocycles. The lowest BCUT2D eigenvalue weighted by molar-refractivity contribution is -0.00168. The molecule has 0 N–H and O–H groups in total. The van der Waals surface area contributed by atoms with Gasteiger partial charge < -0.3 is 0 Å². The van der Waals surface area contributed by atoms with Gasteiger partial charge in [-0.3, -0.25) is 4.98 Å². The summed E-state index contributed by atoms with van der Waals surface area (Å²) in [4.78, 5) is 4.39. The highest BCUT2D eigenvalue weighted by Gasteiger charge is 2.55. The minimum atomic E-state index is 0.344. The summed E-state index contributed by atoms with van der Waals surface area (Å²) in [6.45, 7) is 5.11. The van der Waals surface area contributed by atoms with Crippen molar-refractivity contribution < 1.29 is 0 Å². The van der Waals surface area contributed by atoms with Crippen LogP contribution in [0.4, 0.5) is 0 Å². The molecule has 3 unspecified atom stereocenters. The van der Waals surface area contributed by atoms with Gasteiger partial charge in [0.1, 0.15) is 0 Å². The molecule has 1 heterocycles. The highest BCUT2D eigenvalue weighted by molar-refractivity contribution is 5.72. The lowest BCUT2D eigenvalue weighted by atomic mass is 9.48. The van der Waals surface area contributed by atoms with E-state index in [-0.39, 0.29) is 0 Å². The first-order chi connectivity index (χ1) is 12.1. The van der Waals surface area contributed by atoms with Gasteiger partial charge in [-0.1, -0.05) is 44.2 Å². The smallest absolute Gasteiger partial charge is 0.0343 e. The van der Waals surface area contributed by atoms with Crippen LogP contribution in [0.15, 0.2) is 54.4 Å². The van der Waals surface area contributed by atoms with Crippen molar-refractivity contribution in [3.05, 3.63) is 60.0 Å². The molecular formula is C24H29N. The van der Waals surface area contributed by atoms with Crippen LogP contribution in [0.3, 0.4) is 0 Å². The number of hydrogen-bond donors (Lipinski definition) is 0. The standard InChI is InChI=1S/C24H29N/c1-23-13-4-3-7-18(23)8-9-19-21-11-10-20(17-6-5-15-25-16-17)24(21,2)14-12-22(19)23/h3,5-8,10,15-16,19,21-22H,4,9,11-14H2,1-2H3/t19?,21?,22?,23-,24+/m0/s1.